The molecule has 1 N–H and O–H groups in total. The van der Waals surface area contributed by atoms with Gasteiger partial charge in [0, 0.05) is 6.42 Å². The molecule has 0 spiro atoms. The minimum atomic E-state index is -3.25. The van der Waals surface area contributed by atoms with E-state index in [0.717, 1.165) is 0 Å². The van der Waals surface area contributed by atoms with E-state index in [4.69, 9.17) is 5.11 Å². The van der Waals surface area contributed by atoms with Crippen molar-refractivity contribution in [2.45, 2.75) is 24.2 Å². The van der Waals surface area contributed by atoms with Crippen LogP contribution in [-0.2, 0) is 14.6 Å². The average Bonchev–Trinajstić information content (AvgIpc) is 2.26. The summed E-state index contributed by atoms with van der Waals surface area (Å²) in [5.41, 5.74) is 0. The molecule has 0 fully saturated rings. The second-order valence-electron chi connectivity index (χ2n) is 3.48. The number of hydrogen-bond acceptors (Lipinski definition) is 3. The Bertz CT molecular complexity index is 436. The lowest BCUT2D eigenvalue weighted by molar-refractivity contribution is -0.137. The fourth-order valence-corrected chi connectivity index (χ4v) is 2.71. The van der Waals surface area contributed by atoms with Crippen molar-refractivity contribution in [1.29, 1.82) is 0 Å². The zero-order chi connectivity index (χ0) is 12.0. The van der Waals surface area contributed by atoms with E-state index in [0.29, 0.717) is 17.7 Å². The van der Waals surface area contributed by atoms with Gasteiger partial charge in [0.05, 0.1) is 10.6 Å². The number of sulfone groups is 1. The third-order valence-corrected chi connectivity index (χ3v) is 3.97. The van der Waals surface area contributed by atoms with Crippen LogP contribution < -0.4 is 0 Å². The SMILES string of the molecule is O=C(O)CCCCS(=O)(=O)c1ccccc1. The molecule has 4 nitrogen and oxygen atoms in total. The van der Waals surface area contributed by atoms with Crippen molar-refractivity contribution in [3.05, 3.63) is 30.3 Å². The Morgan fingerprint density at radius 3 is 2.31 bits per heavy atom. The number of carboxylic acid groups (broad SMARTS) is 1. The summed E-state index contributed by atoms with van der Waals surface area (Å²) in [6.07, 6.45) is 0.787. The van der Waals surface area contributed by atoms with E-state index in [9.17, 15) is 13.2 Å². The Balaban J connectivity index is 2.51. The Hall–Kier alpha value is -1.36. The highest BCUT2D eigenvalue weighted by Gasteiger charge is 2.13. The summed E-state index contributed by atoms with van der Waals surface area (Å²) in [7, 11) is -3.25. The van der Waals surface area contributed by atoms with Crippen LogP contribution >= 0.6 is 0 Å². The molecule has 0 bridgehead atoms. The van der Waals surface area contributed by atoms with Gasteiger partial charge in [0.1, 0.15) is 0 Å². The highest BCUT2D eigenvalue weighted by Crippen LogP contribution is 2.12. The molecule has 0 saturated carbocycles. The van der Waals surface area contributed by atoms with Gasteiger partial charge in [-0.2, -0.15) is 0 Å². The number of hydrogen-bond donors (Lipinski definition) is 1. The van der Waals surface area contributed by atoms with Crippen molar-refractivity contribution in [2.75, 3.05) is 5.75 Å². The van der Waals surface area contributed by atoms with Crippen molar-refractivity contribution in [3.63, 3.8) is 0 Å². The monoisotopic (exact) mass is 242 g/mol. The van der Waals surface area contributed by atoms with Crippen LogP contribution in [0.1, 0.15) is 19.3 Å². The highest BCUT2D eigenvalue weighted by molar-refractivity contribution is 7.91. The molecule has 0 heterocycles. The van der Waals surface area contributed by atoms with Crippen molar-refractivity contribution in [2.24, 2.45) is 0 Å². The summed E-state index contributed by atoms with van der Waals surface area (Å²) in [4.78, 5) is 10.5. The maximum absolute atomic E-state index is 11.7. The Kier molecular flexibility index (Phi) is 4.49. The Labute approximate surface area is 94.8 Å². The van der Waals surface area contributed by atoms with E-state index in [2.05, 4.69) is 0 Å². The highest BCUT2D eigenvalue weighted by atomic mass is 32.2. The predicted molar refractivity (Wildman–Crippen MR) is 60.0 cm³/mol. The maximum atomic E-state index is 11.7. The van der Waals surface area contributed by atoms with E-state index in [1.54, 1.807) is 30.3 Å². The van der Waals surface area contributed by atoms with Crippen LogP contribution in [0.3, 0.4) is 0 Å². The number of aliphatic carboxylic acids is 1. The minimum absolute atomic E-state index is 0.00426. The molecule has 16 heavy (non-hydrogen) atoms. The lowest BCUT2D eigenvalue weighted by Crippen LogP contribution is -2.07. The van der Waals surface area contributed by atoms with Gasteiger partial charge in [0.2, 0.25) is 0 Å². The van der Waals surface area contributed by atoms with Crippen LogP contribution in [0.2, 0.25) is 0 Å². The van der Waals surface area contributed by atoms with E-state index in [1.165, 1.54) is 0 Å². The smallest absolute Gasteiger partial charge is 0.303 e. The third-order valence-electron chi connectivity index (χ3n) is 2.16. The fraction of sp³-hybridized carbons (Fsp3) is 0.364. The van der Waals surface area contributed by atoms with Gasteiger partial charge in [-0.3, -0.25) is 4.79 Å². The molecule has 5 heteroatoms. The van der Waals surface area contributed by atoms with Crippen LogP contribution in [0, 0.1) is 0 Å². The molecule has 0 unspecified atom stereocenters. The molecule has 0 radical (unpaired) electrons. The maximum Gasteiger partial charge on any atom is 0.303 e. The molecule has 0 atom stereocenters. The first-order valence-electron chi connectivity index (χ1n) is 5.02. The fourth-order valence-electron chi connectivity index (χ4n) is 1.31. The van der Waals surface area contributed by atoms with E-state index in [1.807, 2.05) is 0 Å². The van der Waals surface area contributed by atoms with Crippen LogP contribution in [-0.4, -0.2) is 25.2 Å². The average molecular weight is 242 g/mol. The van der Waals surface area contributed by atoms with Crippen LogP contribution in [0.25, 0.3) is 0 Å². The van der Waals surface area contributed by atoms with Gasteiger partial charge in [-0.15, -0.1) is 0 Å². The molecule has 0 aliphatic carbocycles. The molecule has 0 aliphatic heterocycles. The van der Waals surface area contributed by atoms with Gasteiger partial charge < -0.3 is 5.11 Å². The molecule has 0 aromatic heterocycles. The molecule has 1 aromatic carbocycles. The molecule has 0 aliphatic rings. The summed E-state index contributed by atoms with van der Waals surface area (Å²) < 4.78 is 23.5. The Morgan fingerprint density at radius 1 is 1.12 bits per heavy atom. The zero-order valence-corrected chi connectivity index (χ0v) is 9.61. The van der Waals surface area contributed by atoms with Crippen molar-refractivity contribution in [3.8, 4) is 0 Å². The number of carbonyl (C=O) groups is 1. The number of unbranched alkanes of at least 4 members (excludes halogenated alkanes) is 1. The lowest BCUT2D eigenvalue weighted by atomic mass is 10.2. The standard InChI is InChI=1S/C11H14O4S/c12-11(13)8-4-5-9-16(14,15)10-6-2-1-3-7-10/h1-3,6-7H,4-5,8-9H2,(H,12,13). The zero-order valence-electron chi connectivity index (χ0n) is 8.80. The second-order valence-corrected chi connectivity index (χ2v) is 5.59. The van der Waals surface area contributed by atoms with Gasteiger partial charge in [-0.05, 0) is 25.0 Å². The molecule has 88 valence electrons. The van der Waals surface area contributed by atoms with Gasteiger partial charge >= 0.3 is 5.97 Å². The van der Waals surface area contributed by atoms with E-state index >= 15 is 0 Å². The summed E-state index contributed by atoms with van der Waals surface area (Å²) in [5.74, 6) is -0.887. The topological polar surface area (TPSA) is 71.4 Å². The number of benzene rings is 1. The van der Waals surface area contributed by atoms with Gasteiger partial charge in [0.15, 0.2) is 9.84 Å². The van der Waals surface area contributed by atoms with Gasteiger partial charge in [-0.25, -0.2) is 8.42 Å². The van der Waals surface area contributed by atoms with Crippen LogP contribution in [0.15, 0.2) is 35.2 Å². The first-order valence-corrected chi connectivity index (χ1v) is 6.67. The molecule has 0 amide bonds. The van der Waals surface area contributed by atoms with Crippen molar-refractivity contribution in [1.82, 2.24) is 0 Å². The lowest BCUT2D eigenvalue weighted by Gasteiger charge is -2.03. The Morgan fingerprint density at radius 2 is 1.75 bits per heavy atom. The predicted octanol–water partition coefficient (Wildman–Crippen LogP) is 1.72. The second kappa shape index (κ2) is 5.65. The summed E-state index contributed by atoms with van der Waals surface area (Å²) in [6, 6.07) is 8.19. The molecule has 1 aromatic rings. The number of rotatable bonds is 6. The number of carboxylic acids is 1. The van der Waals surface area contributed by atoms with Gasteiger partial charge in [-0.1, -0.05) is 18.2 Å². The van der Waals surface area contributed by atoms with E-state index in [-0.39, 0.29) is 12.2 Å². The first-order chi connectivity index (χ1) is 7.52. The summed E-state index contributed by atoms with van der Waals surface area (Å²) in [6.45, 7) is 0. The third kappa shape index (κ3) is 4.02. The quantitative estimate of drug-likeness (QED) is 0.771. The van der Waals surface area contributed by atoms with Crippen molar-refractivity contribution < 1.29 is 18.3 Å². The summed E-state index contributed by atoms with van der Waals surface area (Å²) >= 11 is 0. The van der Waals surface area contributed by atoms with Crippen molar-refractivity contribution >= 4 is 15.8 Å². The van der Waals surface area contributed by atoms with Crippen LogP contribution in [0.5, 0.6) is 0 Å². The molecule has 0 saturated heterocycles. The molecular weight excluding hydrogens is 228 g/mol. The molecular formula is C11H14O4S. The first kappa shape index (κ1) is 12.7. The molecule has 1 rings (SSSR count). The summed E-state index contributed by atoms with van der Waals surface area (Å²) in [5, 5.41) is 8.41. The van der Waals surface area contributed by atoms with Crippen LogP contribution in [0.4, 0.5) is 0 Å². The van der Waals surface area contributed by atoms with E-state index < -0.39 is 15.8 Å². The normalized spacial score (nSPS) is 11.2. The van der Waals surface area contributed by atoms with Gasteiger partial charge in [0.25, 0.3) is 0 Å². The largest absolute Gasteiger partial charge is 0.481 e. The minimum Gasteiger partial charge on any atom is -0.481 e.